The van der Waals surface area contributed by atoms with Crippen molar-refractivity contribution in [3.8, 4) is 0 Å². The lowest BCUT2D eigenvalue weighted by atomic mass is 10.2. The van der Waals surface area contributed by atoms with E-state index in [2.05, 4.69) is 10.6 Å². The number of carbonyl (C=O) groups excluding carboxylic acids is 1. The molecular formula is C10H20N2O3. The second kappa shape index (κ2) is 8.23. The van der Waals surface area contributed by atoms with E-state index in [1.165, 1.54) is 0 Å². The lowest BCUT2D eigenvalue weighted by Gasteiger charge is -2.12. The molecule has 0 saturated carbocycles. The summed E-state index contributed by atoms with van der Waals surface area (Å²) >= 11 is 0. The van der Waals surface area contributed by atoms with Crippen LogP contribution in [0.2, 0.25) is 0 Å². The maximum absolute atomic E-state index is 11.2. The largest absolute Gasteiger partial charge is 0.481 e. The van der Waals surface area contributed by atoms with Crippen LogP contribution in [0.1, 0.15) is 33.1 Å². The van der Waals surface area contributed by atoms with Crippen molar-refractivity contribution in [1.82, 2.24) is 10.6 Å². The highest BCUT2D eigenvalue weighted by Gasteiger charge is 2.06. The predicted octanol–water partition coefficient (Wildman–Crippen LogP) is 0.355. The molecule has 0 saturated heterocycles. The highest BCUT2D eigenvalue weighted by Crippen LogP contribution is 1.95. The number of amides is 1. The first-order valence-electron chi connectivity index (χ1n) is 5.28. The van der Waals surface area contributed by atoms with Gasteiger partial charge in [0.15, 0.2) is 0 Å². The van der Waals surface area contributed by atoms with Crippen LogP contribution in [0.25, 0.3) is 0 Å². The van der Waals surface area contributed by atoms with Crippen molar-refractivity contribution >= 4 is 11.9 Å². The SMILES string of the molecule is CCCNC(=O)CNC(C)CCC(=O)O. The molecule has 0 fully saturated rings. The summed E-state index contributed by atoms with van der Waals surface area (Å²) in [5, 5.41) is 14.2. The number of carboxylic acids is 1. The molecule has 0 aromatic rings. The zero-order valence-electron chi connectivity index (χ0n) is 9.38. The second-order valence-electron chi connectivity index (χ2n) is 3.56. The number of carbonyl (C=O) groups is 2. The van der Waals surface area contributed by atoms with Crippen molar-refractivity contribution in [2.75, 3.05) is 13.1 Å². The Hall–Kier alpha value is -1.10. The van der Waals surface area contributed by atoms with Gasteiger partial charge in [-0.2, -0.15) is 0 Å². The van der Waals surface area contributed by atoms with Crippen LogP contribution < -0.4 is 10.6 Å². The Kier molecular flexibility index (Phi) is 7.62. The molecule has 0 aromatic carbocycles. The van der Waals surface area contributed by atoms with Gasteiger partial charge < -0.3 is 15.7 Å². The third-order valence-corrected chi connectivity index (χ3v) is 1.97. The number of hydrogen-bond donors (Lipinski definition) is 3. The maximum Gasteiger partial charge on any atom is 0.303 e. The molecule has 0 aliphatic heterocycles. The highest BCUT2D eigenvalue weighted by atomic mass is 16.4. The lowest BCUT2D eigenvalue weighted by Crippen LogP contribution is -2.38. The van der Waals surface area contributed by atoms with Gasteiger partial charge >= 0.3 is 5.97 Å². The summed E-state index contributed by atoms with van der Waals surface area (Å²) in [7, 11) is 0. The number of nitrogens with one attached hydrogen (secondary N) is 2. The van der Waals surface area contributed by atoms with E-state index >= 15 is 0 Å². The molecule has 0 aliphatic carbocycles. The van der Waals surface area contributed by atoms with Crippen molar-refractivity contribution < 1.29 is 14.7 Å². The fraction of sp³-hybridized carbons (Fsp3) is 0.800. The molecule has 5 nitrogen and oxygen atoms in total. The van der Waals surface area contributed by atoms with Crippen molar-refractivity contribution in [1.29, 1.82) is 0 Å². The minimum atomic E-state index is -0.806. The van der Waals surface area contributed by atoms with E-state index < -0.39 is 5.97 Å². The van der Waals surface area contributed by atoms with Gasteiger partial charge in [0.2, 0.25) is 5.91 Å². The summed E-state index contributed by atoms with van der Waals surface area (Å²) in [6.45, 7) is 4.80. The van der Waals surface area contributed by atoms with Crippen LogP contribution in [-0.2, 0) is 9.59 Å². The molecule has 1 amide bonds. The summed E-state index contributed by atoms with van der Waals surface area (Å²) in [6, 6.07) is 0.0495. The van der Waals surface area contributed by atoms with Gasteiger partial charge in [0.25, 0.3) is 0 Å². The van der Waals surface area contributed by atoms with E-state index in [1.54, 1.807) is 0 Å². The van der Waals surface area contributed by atoms with Gasteiger partial charge in [0.1, 0.15) is 0 Å². The Balaban J connectivity index is 3.48. The normalized spacial score (nSPS) is 12.1. The number of aliphatic carboxylic acids is 1. The molecule has 0 aliphatic rings. The fourth-order valence-electron chi connectivity index (χ4n) is 1.04. The van der Waals surface area contributed by atoms with Gasteiger partial charge in [0, 0.05) is 19.0 Å². The lowest BCUT2D eigenvalue weighted by molar-refractivity contribution is -0.137. The molecule has 88 valence electrons. The van der Waals surface area contributed by atoms with Crippen LogP contribution in [0, 0.1) is 0 Å². The zero-order chi connectivity index (χ0) is 11.7. The molecule has 3 N–H and O–H groups in total. The number of carboxylic acid groups (broad SMARTS) is 1. The first-order chi connectivity index (χ1) is 7.06. The van der Waals surface area contributed by atoms with Crippen LogP contribution in [0.5, 0.6) is 0 Å². The van der Waals surface area contributed by atoms with Gasteiger partial charge in [-0.15, -0.1) is 0 Å². The molecule has 0 aromatic heterocycles. The standard InChI is InChI=1S/C10H20N2O3/c1-3-6-11-9(13)7-12-8(2)4-5-10(14)15/h8,12H,3-7H2,1-2H3,(H,11,13)(H,14,15). The van der Waals surface area contributed by atoms with Gasteiger partial charge in [-0.1, -0.05) is 6.92 Å². The van der Waals surface area contributed by atoms with Crippen LogP contribution in [0.3, 0.4) is 0 Å². The molecule has 0 spiro atoms. The quantitative estimate of drug-likeness (QED) is 0.547. The van der Waals surface area contributed by atoms with Crippen molar-refractivity contribution in [3.05, 3.63) is 0 Å². The average molecular weight is 216 g/mol. The summed E-state index contributed by atoms with van der Waals surface area (Å²) in [6.07, 6.45) is 1.58. The average Bonchev–Trinajstić information content (AvgIpc) is 2.20. The Bertz CT molecular complexity index is 207. The molecule has 15 heavy (non-hydrogen) atoms. The summed E-state index contributed by atoms with van der Waals surface area (Å²) < 4.78 is 0. The third-order valence-electron chi connectivity index (χ3n) is 1.97. The van der Waals surface area contributed by atoms with Crippen LogP contribution in [0.4, 0.5) is 0 Å². The van der Waals surface area contributed by atoms with E-state index in [-0.39, 0.29) is 24.9 Å². The minimum Gasteiger partial charge on any atom is -0.481 e. The first-order valence-corrected chi connectivity index (χ1v) is 5.28. The van der Waals surface area contributed by atoms with Gasteiger partial charge in [0.05, 0.1) is 6.54 Å². The Morgan fingerprint density at radius 2 is 2.07 bits per heavy atom. The molecule has 0 radical (unpaired) electrons. The molecule has 1 atom stereocenters. The Labute approximate surface area is 90.2 Å². The van der Waals surface area contributed by atoms with E-state index in [9.17, 15) is 9.59 Å². The second-order valence-corrected chi connectivity index (χ2v) is 3.56. The molecular weight excluding hydrogens is 196 g/mol. The van der Waals surface area contributed by atoms with Gasteiger partial charge in [-0.05, 0) is 19.8 Å². The maximum atomic E-state index is 11.2. The molecule has 1 unspecified atom stereocenters. The molecule has 0 bridgehead atoms. The van der Waals surface area contributed by atoms with Crippen LogP contribution in [0.15, 0.2) is 0 Å². The van der Waals surface area contributed by atoms with Gasteiger partial charge in [-0.3, -0.25) is 9.59 Å². The van der Waals surface area contributed by atoms with E-state index in [0.717, 1.165) is 6.42 Å². The molecule has 0 rings (SSSR count). The first kappa shape index (κ1) is 13.9. The molecule has 5 heteroatoms. The summed E-state index contributed by atoms with van der Waals surface area (Å²) in [5.74, 6) is -0.849. The van der Waals surface area contributed by atoms with Crippen LogP contribution in [-0.4, -0.2) is 36.1 Å². The Morgan fingerprint density at radius 1 is 1.40 bits per heavy atom. The van der Waals surface area contributed by atoms with Crippen molar-refractivity contribution in [3.63, 3.8) is 0 Å². The summed E-state index contributed by atoms with van der Waals surface area (Å²) in [4.78, 5) is 21.4. The highest BCUT2D eigenvalue weighted by molar-refractivity contribution is 5.77. The monoisotopic (exact) mass is 216 g/mol. The zero-order valence-corrected chi connectivity index (χ0v) is 9.38. The number of hydrogen-bond acceptors (Lipinski definition) is 3. The summed E-state index contributed by atoms with van der Waals surface area (Å²) in [5.41, 5.74) is 0. The number of rotatable bonds is 8. The Morgan fingerprint density at radius 3 is 2.60 bits per heavy atom. The van der Waals surface area contributed by atoms with Crippen molar-refractivity contribution in [2.45, 2.75) is 39.2 Å². The van der Waals surface area contributed by atoms with E-state index in [4.69, 9.17) is 5.11 Å². The molecule has 0 heterocycles. The van der Waals surface area contributed by atoms with Crippen LogP contribution >= 0.6 is 0 Å². The van der Waals surface area contributed by atoms with Crippen molar-refractivity contribution in [2.24, 2.45) is 0 Å². The topological polar surface area (TPSA) is 78.4 Å². The fourth-order valence-corrected chi connectivity index (χ4v) is 1.04. The van der Waals surface area contributed by atoms with E-state index in [0.29, 0.717) is 13.0 Å². The van der Waals surface area contributed by atoms with Gasteiger partial charge in [-0.25, -0.2) is 0 Å². The smallest absolute Gasteiger partial charge is 0.303 e. The predicted molar refractivity (Wildman–Crippen MR) is 57.6 cm³/mol. The minimum absolute atomic E-state index is 0.0426. The third kappa shape index (κ3) is 9.21. The van der Waals surface area contributed by atoms with E-state index in [1.807, 2.05) is 13.8 Å².